The van der Waals surface area contributed by atoms with E-state index in [9.17, 15) is 0 Å². The third kappa shape index (κ3) is 6.71. The summed E-state index contributed by atoms with van der Waals surface area (Å²) < 4.78 is 5.69. The normalized spacial score (nSPS) is 15.7. The second-order valence-corrected chi connectivity index (χ2v) is 8.58. The number of para-hydroxylation sites is 1. The number of benzene rings is 2. The molecular weight excluding hydrogens is 398 g/mol. The maximum atomic E-state index is 5.69. The minimum absolute atomic E-state index is 0.249. The van der Waals surface area contributed by atoms with Crippen molar-refractivity contribution in [3.8, 4) is 5.75 Å². The minimum atomic E-state index is 0.249. The largest absolute Gasteiger partial charge is 0.496 e. The molecule has 0 saturated carbocycles. The monoisotopic (exact) mass is 437 g/mol. The van der Waals surface area contributed by atoms with Crippen molar-refractivity contribution in [1.29, 1.82) is 0 Å². The van der Waals surface area contributed by atoms with E-state index in [2.05, 4.69) is 83.9 Å². The number of ether oxygens (including phenoxy) is 1. The van der Waals surface area contributed by atoms with Crippen molar-refractivity contribution >= 4 is 5.96 Å². The number of nitrogens with one attached hydrogen (secondary N) is 2. The van der Waals surface area contributed by atoms with E-state index in [0.29, 0.717) is 6.54 Å². The molecule has 0 aromatic heterocycles. The lowest BCUT2D eigenvalue weighted by Gasteiger charge is -2.30. The van der Waals surface area contributed by atoms with Crippen molar-refractivity contribution in [2.75, 3.05) is 47.4 Å². The van der Waals surface area contributed by atoms with Gasteiger partial charge in [-0.1, -0.05) is 42.5 Å². The van der Waals surface area contributed by atoms with Crippen LogP contribution in [0.2, 0.25) is 0 Å². The molecule has 2 aromatic rings. The Morgan fingerprint density at radius 2 is 1.72 bits per heavy atom. The first kappa shape index (κ1) is 24.1. The summed E-state index contributed by atoms with van der Waals surface area (Å²) in [6.45, 7) is 7.53. The second kappa shape index (κ2) is 12.5. The van der Waals surface area contributed by atoms with Gasteiger partial charge in [-0.15, -0.1) is 0 Å². The van der Waals surface area contributed by atoms with Crippen LogP contribution < -0.4 is 15.4 Å². The van der Waals surface area contributed by atoms with E-state index < -0.39 is 0 Å². The number of rotatable bonds is 10. The lowest BCUT2D eigenvalue weighted by atomic mass is 10.0. The van der Waals surface area contributed by atoms with Gasteiger partial charge in [0.05, 0.1) is 19.7 Å². The molecule has 1 saturated heterocycles. The topological polar surface area (TPSA) is 52.1 Å². The molecule has 1 heterocycles. The molecule has 1 aliphatic rings. The number of nitrogens with zero attached hydrogens (tertiary/aromatic N) is 3. The van der Waals surface area contributed by atoms with E-state index in [4.69, 9.17) is 9.73 Å². The number of hydrogen-bond donors (Lipinski definition) is 2. The summed E-state index contributed by atoms with van der Waals surface area (Å²) in [4.78, 5) is 9.66. The number of likely N-dealkylation sites (tertiary alicyclic amines) is 1. The van der Waals surface area contributed by atoms with Crippen LogP contribution in [0.5, 0.6) is 5.75 Å². The molecule has 0 amide bonds. The Hall–Kier alpha value is -2.57. The quantitative estimate of drug-likeness (QED) is 0.439. The minimum Gasteiger partial charge on any atom is -0.496 e. The number of aliphatic imine (C=N–C) groups is 1. The Labute approximate surface area is 193 Å². The molecule has 0 spiro atoms. The van der Waals surface area contributed by atoms with Gasteiger partial charge in [0, 0.05) is 25.2 Å². The summed E-state index contributed by atoms with van der Waals surface area (Å²) in [6, 6.07) is 17.2. The van der Waals surface area contributed by atoms with Crippen LogP contribution in [0.4, 0.5) is 0 Å². The SMILES string of the molecule is CCNC(=NCc1ccccc1CN(C)C)NCC(c1ccccc1OC)N1CCCC1. The standard InChI is InChI=1S/C26H39N5O/c1-5-27-26(28-18-21-12-6-7-13-22(21)20-30(2)3)29-19-24(31-16-10-11-17-31)23-14-8-9-15-25(23)32-4/h6-9,12-15,24H,5,10-11,16-20H2,1-4H3,(H2,27,28,29). The van der Waals surface area contributed by atoms with Crippen LogP contribution in [0, 0.1) is 0 Å². The molecule has 1 fully saturated rings. The Balaban J connectivity index is 1.75. The van der Waals surface area contributed by atoms with E-state index in [0.717, 1.165) is 44.4 Å². The van der Waals surface area contributed by atoms with E-state index in [1.165, 1.54) is 29.5 Å². The van der Waals surface area contributed by atoms with Gasteiger partial charge >= 0.3 is 0 Å². The zero-order valence-electron chi connectivity index (χ0n) is 20.1. The van der Waals surface area contributed by atoms with Gasteiger partial charge in [0.1, 0.15) is 5.75 Å². The first-order chi connectivity index (χ1) is 15.6. The first-order valence-electron chi connectivity index (χ1n) is 11.7. The Bertz CT molecular complexity index is 861. The van der Waals surface area contributed by atoms with Gasteiger partial charge in [-0.05, 0) is 64.1 Å². The Morgan fingerprint density at radius 3 is 2.41 bits per heavy atom. The van der Waals surface area contributed by atoms with Crippen molar-refractivity contribution in [1.82, 2.24) is 20.4 Å². The summed E-state index contributed by atoms with van der Waals surface area (Å²) in [6.07, 6.45) is 2.50. The molecule has 6 nitrogen and oxygen atoms in total. The van der Waals surface area contributed by atoms with Crippen LogP contribution >= 0.6 is 0 Å². The summed E-state index contributed by atoms with van der Waals surface area (Å²) in [5.41, 5.74) is 3.82. The molecule has 0 aliphatic carbocycles. The number of methoxy groups -OCH3 is 1. The smallest absolute Gasteiger partial charge is 0.191 e. The number of hydrogen-bond acceptors (Lipinski definition) is 4. The van der Waals surface area contributed by atoms with Crippen LogP contribution in [-0.2, 0) is 13.1 Å². The van der Waals surface area contributed by atoms with Crippen molar-refractivity contribution in [3.63, 3.8) is 0 Å². The maximum Gasteiger partial charge on any atom is 0.191 e. The molecule has 2 aromatic carbocycles. The van der Waals surface area contributed by atoms with Crippen LogP contribution in [0.25, 0.3) is 0 Å². The Morgan fingerprint density at radius 1 is 1.03 bits per heavy atom. The summed E-state index contributed by atoms with van der Waals surface area (Å²) in [5.74, 6) is 1.80. The molecular formula is C26H39N5O. The molecule has 1 aliphatic heterocycles. The van der Waals surface area contributed by atoms with Crippen molar-refractivity contribution in [2.24, 2.45) is 4.99 Å². The van der Waals surface area contributed by atoms with Gasteiger partial charge in [0.15, 0.2) is 5.96 Å². The Kier molecular flexibility index (Phi) is 9.38. The van der Waals surface area contributed by atoms with E-state index >= 15 is 0 Å². The highest BCUT2D eigenvalue weighted by molar-refractivity contribution is 5.79. The van der Waals surface area contributed by atoms with Crippen LogP contribution in [0.1, 0.15) is 42.5 Å². The highest BCUT2D eigenvalue weighted by Crippen LogP contribution is 2.31. The molecule has 3 rings (SSSR count). The predicted octanol–water partition coefficient (Wildman–Crippen LogP) is 3.65. The van der Waals surface area contributed by atoms with Gasteiger partial charge in [-0.2, -0.15) is 0 Å². The van der Waals surface area contributed by atoms with Gasteiger partial charge in [-0.25, -0.2) is 4.99 Å². The molecule has 32 heavy (non-hydrogen) atoms. The average Bonchev–Trinajstić information content (AvgIpc) is 3.33. The molecule has 1 unspecified atom stereocenters. The molecule has 1 atom stereocenters. The van der Waals surface area contributed by atoms with Gasteiger partial charge in [0.25, 0.3) is 0 Å². The van der Waals surface area contributed by atoms with Crippen molar-refractivity contribution in [3.05, 3.63) is 65.2 Å². The average molecular weight is 438 g/mol. The van der Waals surface area contributed by atoms with Gasteiger partial charge in [-0.3, -0.25) is 4.90 Å². The zero-order chi connectivity index (χ0) is 22.8. The fourth-order valence-electron chi connectivity index (χ4n) is 4.34. The third-order valence-corrected chi connectivity index (χ3v) is 5.90. The van der Waals surface area contributed by atoms with Crippen LogP contribution in [-0.4, -0.2) is 63.1 Å². The lowest BCUT2D eigenvalue weighted by molar-refractivity contribution is 0.239. The van der Waals surface area contributed by atoms with Crippen LogP contribution in [0.15, 0.2) is 53.5 Å². The molecule has 0 bridgehead atoms. The van der Waals surface area contributed by atoms with Gasteiger partial charge in [0.2, 0.25) is 0 Å². The summed E-state index contributed by atoms with van der Waals surface area (Å²) in [7, 11) is 5.95. The second-order valence-electron chi connectivity index (χ2n) is 8.58. The van der Waals surface area contributed by atoms with E-state index in [1.807, 2.05) is 6.07 Å². The highest BCUT2D eigenvalue weighted by atomic mass is 16.5. The highest BCUT2D eigenvalue weighted by Gasteiger charge is 2.26. The predicted molar refractivity (Wildman–Crippen MR) is 133 cm³/mol. The van der Waals surface area contributed by atoms with E-state index in [1.54, 1.807) is 7.11 Å². The first-order valence-corrected chi connectivity index (χ1v) is 11.7. The zero-order valence-corrected chi connectivity index (χ0v) is 20.1. The fraction of sp³-hybridized carbons (Fsp3) is 0.500. The fourth-order valence-corrected chi connectivity index (χ4v) is 4.34. The van der Waals surface area contributed by atoms with Crippen LogP contribution in [0.3, 0.4) is 0 Å². The van der Waals surface area contributed by atoms with Gasteiger partial charge < -0.3 is 20.3 Å². The molecule has 6 heteroatoms. The third-order valence-electron chi connectivity index (χ3n) is 5.90. The maximum absolute atomic E-state index is 5.69. The molecule has 0 radical (unpaired) electrons. The van der Waals surface area contributed by atoms with Crippen molar-refractivity contribution < 1.29 is 4.74 Å². The van der Waals surface area contributed by atoms with E-state index in [-0.39, 0.29) is 6.04 Å². The molecule has 174 valence electrons. The number of guanidine groups is 1. The lowest BCUT2D eigenvalue weighted by Crippen LogP contribution is -2.42. The summed E-state index contributed by atoms with van der Waals surface area (Å²) in [5, 5.41) is 7.03. The summed E-state index contributed by atoms with van der Waals surface area (Å²) >= 11 is 0. The van der Waals surface area contributed by atoms with Crippen molar-refractivity contribution in [2.45, 2.75) is 38.9 Å². The molecule has 2 N–H and O–H groups in total.